The molecular formula is C16H24N2O3. The molecule has 0 aliphatic carbocycles. The topological polar surface area (TPSA) is 59.6 Å². The Morgan fingerprint density at radius 2 is 2.10 bits per heavy atom. The Morgan fingerprint density at radius 3 is 2.76 bits per heavy atom. The van der Waals surface area contributed by atoms with Gasteiger partial charge in [-0.25, -0.2) is 0 Å². The Bertz CT molecular complexity index is 432. The molecule has 5 heteroatoms. The summed E-state index contributed by atoms with van der Waals surface area (Å²) in [7, 11) is 0. The lowest BCUT2D eigenvalue weighted by Crippen LogP contribution is -2.59. The molecule has 1 heterocycles. The molecule has 0 saturated carbocycles. The quantitative estimate of drug-likeness (QED) is 0.669. The van der Waals surface area contributed by atoms with Gasteiger partial charge in [0.05, 0.1) is 12.2 Å². The number of hydrogen-bond donors (Lipinski definition) is 2. The zero-order valence-electron chi connectivity index (χ0n) is 12.6. The van der Waals surface area contributed by atoms with Crippen LogP contribution in [0.2, 0.25) is 0 Å². The zero-order chi connectivity index (χ0) is 15.0. The van der Waals surface area contributed by atoms with E-state index in [1.165, 1.54) is 0 Å². The van der Waals surface area contributed by atoms with Gasteiger partial charge in [0.2, 0.25) is 5.91 Å². The van der Waals surface area contributed by atoms with Gasteiger partial charge in [0, 0.05) is 26.2 Å². The molecule has 1 aliphatic heterocycles. The molecule has 0 unspecified atom stereocenters. The summed E-state index contributed by atoms with van der Waals surface area (Å²) in [5.74, 6) is -0.0637. The molecule has 1 aliphatic rings. The predicted molar refractivity (Wildman–Crippen MR) is 81.0 cm³/mol. The highest BCUT2D eigenvalue weighted by atomic mass is 16.5. The Hall–Kier alpha value is -1.43. The first-order valence-electron chi connectivity index (χ1n) is 7.41. The number of hydrogen-bond acceptors (Lipinski definition) is 4. The van der Waals surface area contributed by atoms with Crippen LogP contribution in [0.3, 0.4) is 0 Å². The van der Waals surface area contributed by atoms with Crippen molar-refractivity contribution in [1.82, 2.24) is 10.6 Å². The van der Waals surface area contributed by atoms with Gasteiger partial charge >= 0.3 is 0 Å². The lowest BCUT2D eigenvalue weighted by Gasteiger charge is -2.38. The molecule has 1 saturated heterocycles. The number of nitrogens with one attached hydrogen (secondary N) is 2. The van der Waals surface area contributed by atoms with Gasteiger partial charge in [0.1, 0.15) is 6.61 Å². The summed E-state index contributed by atoms with van der Waals surface area (Å²) in [6.45, 7) is 5.63. The summed E-state index contributed by atoms with van der Waals surface area (Å²) in [6, 6.07) is 10.1. The third-order valence-electron chi connectivity index (χ3n) is 3.45. The fraction of sp³-hybridized carbons (Fsp3) is 0.562. The Kier molecular flexibility index (Phi) is 6.17. The highest BCUT2D eigenvalue weighted by Gasteiger charge is 2.32. The van der Waals surface area contributed by atoms with Crippen molar-refractivity contribution in [3.63, 3.8) is 0 Å². The molecule has 116 valence electrons. The molecule has 2 N–H and O–H groups in total. The molecule has 0 atom stereocenters. The van der Waals surface area contributed by atoms with Gasteiger partial charge in [-0.3, -0.25) is 4.79 Å². The number of rotatable bonds is 9. The summed E-state index contributed by atoms with van der Waals surface area (Å²) >= 11 is 0. The monoisotopic (exact) mass is 292 g/mol. The standard InChI is InChI=1S/C16H24N2O3/c1-16(12-17-13-16)21-11-15(19)18-8-5-9-20-10-14-6-3-2-4-7-14/h2-4,6-7,17H,5,8-13H2,1H3,(H,18,19). The van der Waals surface area contributed by atoms with E-state index in [0.29, 0.717) is 19.8 Å². The Morgan fingerprint density at radius 1 is 1.33 bits per heavy atom. The van der Waals surface area contributed by atoms with Crippen LogP contribution in [-0.2, 0) is 20.9 Å². The van der Waals surface area contributed by atoms with E-state index in [2.05, 4.69) is 10.6 Å². The van der Waals surface area contributed by atoms with Crippen molar-refractivity contribution in [3.05, 3.63) is 35.9 Å². The van der Waals surface area contributed by atoms with Crippen molar-refractivity contribution in [2.24, 2.45) is 0 Å². The van der Waals surface area contributed by atoms with Crippen LogP contribution in [0.25, 0.3) is 0 Å². The average molecular weight is 292 g/mol. The molecule has 1 fully saturated rings. The first kappa shape index (κ1) is 15.9. The maximum Gasteiger partial charge on any atom is 0.246 e. The van der Waals surface area contributed by atoms with Crippen LogP contribution in [0.5, 0.6) is 0 Å². The highest BCUT2D eigenvalue weighted by molar-refractivity contribution is 5.77. The summed E-state index contributed by atoms with van der Waals surface area (Å²) < 4.78 is 11.1. The summed E-state index contributed by atoms with van der Waals surface area (Å²) in [5, 5.41) is 5.97. The number of amides is 1. The minimum atomic E-state index is -0.171. The second-order valence-corrected chi connectivity index (χ2v) is 5.58. The largest absolute Gasteiger partial charge is 0.377 e. The maximum atomic E-state index is 11.6. The number of carbonyl (C=O) groups is 1. The smallest absolute Gasteiger partial charge is 0.246 e. The fourth-order valence-corrected chi connectivity index (χ4v) is 2.04. The highest BCUT2D eigenvalue weighted by Crippen LogP contribution is 2.14. The SMILES string of the molecule is CC1(OCC(=O)NCCCOCc2ccccc2)CNC1. The van der Waals surface area contributed by atoms with Gasteiger partial charge in [0.25, 0.3) is 0 Å². The molecular weight excluding hydrogens is 268 g/mol. The molecule has 0 radical (unpaired) electrons. The van der Waals surface area contributed by atoms with Crippen molar-refractivity contribution in [3.8, 4) is 0 Å². The normalized spacial score (nSPS) is 16.2. The second kappa shape index (κ2) is 8.12. The van der Waals surface area contributed by atoms with Crippen molar-refractivity contribution >= 4 is 5.91 Å². The average Bonchev–Trinajstić information content (AvgIpc) is 2.48. The van der Waals surface area contributed by atoms with Crippen LogP contribution < -0.4 is 10.6 Å². The van der Waals surface area contributed by atoms with E-state index in [1.54, 1.807) is 0 Å². The van der Waals surface area contributed by atoms with Gasteiger partial charge in [0.15, 0.2) is 0 Å². The van der Waals surface area contributed by atoms with Crippen LogP contribution >= 0.6 is 0 Å². The summed E-state index contributed by atoms with van der Waals surface area (Å²) in [6.07, 6.45) is 0.803. The molecule has 5 nitrogen and oxygen atoms in total. The Labute approximate surface area is 126 Å². The number of ether oxygens (including phenoxy) is 2. The van der Waals surface area contributed by atoms with Crippen LogP contribution in [0.1, 0.15) is 18.9 Å². The van der Waals surface area contributed by atoms with Gasteiger partial charge in [-0.1, -0.05) is 30.3 Å². The third-order valence-corrected chi connectivity index (χ3v) is 3.45. The lowest BCUT2D eigenvalue weighted by molar-refractivity contribution is -0.135. The number of carbonyl (C=O) groups excluding carboxylic acids is 1. The molecule has 21 heavy (non-hydrogen) atoms. The van der Waals surface area contributed by atoms with Crippen LogP contribution in [0.4, 0.5) is 0 Å². The molecule has 1 aromatic carbocycles. The predicted octanol–water partition coefficient (Wildman–Crippen LogP) is 1.09. The van der Waals surface area contributed by atoms with Crippen LogP contribution in [-0.4, -0.2) is 44.4 Å². The minimum Gasteiger partial charge on any atom is -0.377 e. The molecule has 1 amide bonds. The van der Waals surface area contributed by atoms with Crippen LogP contribution in [0, 0.1) is 0 Å². The zero-order valence-corrected chi connectivity index (χ0v) is 12.6. The minimum absolute atomic E-state index is 0.0637. The van der Waals surface area contributed by atoms with E-state index in [-0.39, 0.29) is 18.1 Å². The van der Waals surface area contributed by atoms with Gasteiger partial charge in [-0.2, -0.15) is 0 Å². The second-order valence-electron chi connectivity index (χ2n) is 5.58. The molecule has 1 aromatic rings. The molecule has 0 spiro atoms. The fourth-order valence-electron chi connectivity index (χ4n) is 2.04. The summed E-state index contributed by atoms with van der Waals surface area (Å²) in [4.78, 5) is 11.6. The number of benzene rings is 1. The van der Waals surface area contributed by atoms with Crippen molar-refractivity contribution in [2.45, 2.75) is 25.6 Å². The van der Waals surface area contributed by atoms with E-state index < -0.39 is 0 Å². The Balaban J connectivity index is 1.45. The van der Waals surface area contributed by atoms with Crippen molar-refractivity contribution in [2.75, 3.05) is 32.8 Å². The van der Waals surface area contributed by atoms with Crippen molar-refractivity contribution < 1.29 is 14.3 Å². The van der Waals surface area contributed by atoms with E-state index in [1.807, 2.05) is 37.3 Å². The molecule has 0 aromatic heterocycles. The molecule has 2 rings (SSSR count). The van der Waals surface area contributed by atoms with E-state index in [4.69, 9.17) is 9.47 Å². The van der Waals surface area contributed by atoms with Crippen molar-refractivity contribution in [1.29, 1.82) is 0 Å². The summed E-state index contributed by atoms with van der Waals surface area (Å²) in [5.41, 5.74) is 0.994. The first-order chi connectivity index (χ1) is 10.2. The molecule has 0 bridgehead atoms. The van der Waals surface area contributed by atoms with Crippen LogP contribution in [0.15, 0.2) is 30.3 Å². The van der Waals surface area contributed by atoms with E-state index >= 15 is 0 Å². The first-order valence-corrected chi connectivity index (χ1v) is 7.41. The van der Waals surface area contributed by atoms with Gasteiger partial charge in [-0.15, -0.1) is 0 Å². The van der Waals surface area contributed by atoms with Gasteiger partial charge in [-0.05, 0) is 18.9 Å². The maximum absolute atomic E-state index is 11.6. The van der Waals surface area contributed by atoms with E-state index in [9.17, 15) is 4.79 Å². The van der Waals surface area contributed by atoms with Gasteiger partial charge < -0.3 is 20.1 Å². The van der Waals surface area contributed by atoms with E-state index in [0.717, 1.165) is 25.1 Å². The lowest BCUT2D eigenvalue weighted by atomic mass is 10.0. The third kappa shape index (κ3) is 5.83.